The molecule has 6 nitrogen and oxygen atoms in total. The summed E-state index contributed by atoms with van der Waals surface area (Å²) in [5.41, 5.74) is 3.07. The van der Waals surface area contributed by atoms with Crippen LogP contribution in [0, 0.1) is 11.3 Å². The Kier molecular flexibility index (Phi) is 7.79. The summed E-state index contributed by atoms with van der Waals surface area (Å²) in [6.07, 6.45) is 4.62. The molecule has 28 heavy (non-hydrogen) atoms. The van der Waals surface area contributed by atoms with Crippen LogP contribution >= 0.6 is 0 Å². The van der Waals surface area contributed by atoms with Crippen molar-refractivity contribution in [2.75, 3.05) is 16.0 Å². The van der Waals surface area contributed by atoms with Gasteiger partial charge in [0.25, 0.3) is 5.91 Å². The largest absolute Gasteiger partial charge is 0.360 e. The molecule has 6 heteroatoms. The third-order valence-corrected chi connectivity index (χ3v) is 3.96. The minimum Gasteiger partial charge on any atom is -0.360 e. The topological polar surface area (TPSA) is 94.0 Å². The number of anilines is 3. The Morgan fingerprint density at radius 3 is 2.39 bits per heavy atom. The monoisotopic (exact) mass is 376 g/mol. The van der Waals surface area contributed by atoms with Crippen LogP contribution in [0.15, 0.2) is 60.3 Å². The van der Waals surface area contributed by atoms with Gasteiger partial charge < -0.3 is 16.0 Å². The number of rotatable bonds is 8. The Labute approximate surface area is 165 Å². The number of unbranched alkanes of at least 4 members (excludes halogenated alkanes) is 1. The number of carbonyl (C=O) groups excluding carboxylic acids is 2. The van der Waals surface area contributed by atoms with Crippen molar-refractivity contribution < 1.29 is 9.59 Å². The van der Waals surface area contributed by atoms with E-state index in [2.05, 4.69) is 22.9 Å². The van der Waals surface area contributed by atoms with E-state index in [0.29, 0.717) is 17.1 Å². The maximum Gasteiger partial charge on any atom is 0.267 e. The number of benzene rings is 2. The SMILES string of the molecule is CCCCc1ccc(NC(=O)/C(C#N)=C\Nc2cccc(NC(C)=O)c2)cc1. The van der Waals surface area contributed by atoms with Gasteiger partial charge in [-0.1, -0.05) is 31.5 Å². The Bertz CT molecular complexity index is 895. The quantitative estimate of drug-likeness (QED) is 0.469. The molecular weight excluding hydrogens is 352 g/mol. The lowest BCUT2D eigenvalue weighted by atomic mass is 10.1. The first-order valence-corrected chi connectivity index (χ1v) is 9.16. The van der Waals surface area contributed by atoms with Crippen molar-refractivity contribution in [3.05, 3.63) is 65.9 Å². The van der Waals surface area contributed by atoms with Crippen molar-refractivity contribution in [3.63, 3.8) is 0 Å². The Morgan fingerprint density at radius 1 is 1.04 bits per heavy atom. The average molecular weight is 376 g/mol. The van der Waals surface area contributed by atoms with Gasteiger partial charge in [0.2, 0.25) is 5.91 Å². The Morgan fingerprint density at radius 2 is 1.75 bits per heavy atom. The molecule has 2 rings (SSSR count). The highest BCUT2D eigenvalue weighted by atomic mass is 16.2. The first kappa shape index (κ1) is 20.7. The summed E-state index contributed by atoms with van der Waals surface area (Å²) in [5.74, 6) is -0.667. The van der Waals surface area contributed by atoms with Crippen molar-refractivity contribution in [1.29, 1.82) is 5.26 Å². The van der Waals surface area contributed by atoms with Crippen molar-refractivity contribution in [2.45, 2.75) is 33.1 Å². The van der Waals surface area contributed by atoms with Gasteiger partial charge in [-0.2, -0.15) is 5.26 Å². The second-order valence-electron chi connectivity index (χ2n) is 6.33. The number of hydrogen-bond donors (Lipinski definition) is 3. The number of nitriles is 1. The number of hydrogen-bond acceptors (Lipinski definition) is 4. The van der Waals surface area contributed by atoms with Gasteiger partial charge in [0.05, 0.1) is 0 Å². The summed E-state index contributed by atoms with van der Waals surface area (Å²) in [4.78, 5) is 23.5. The standard InChI is InChI=1S/C22H24N4O2/c1-3-4-6-17-9-11-19(12-10-17)26-22(28)18(14-23)15-24-20-7-5-8-21(13-20)25-16(2)27/h5,7-13,15,24H,3-4,6H2,1-2H3,(H,25,27)(H,26,28)/b18-15-. The number of nitrogens with zero attached hydrogens (tertiary/aromatic N) is 1. The predicted octanol–water partition coefficient (Wildman–Crippen LogP) is 4.45. The van der Waals surface area contributed by atoms with E-state index in [4.69, 9.17) is 0 Å². The summed E-state index contributed by atoms with van der Waals surface area (Å²) in [5, 5.41) is 17.6. The molecule has 0 saturated carbocycles. The number of amides is 2. The van der Waals surface area contributed by atoms with E-state index in [1.807, 2.05) is 30.3 Å². The molecule has 0 radical (unpaired) electrons. The van der Waals surface area contributed by atoms with Gasteiger partial charge in [-0.3, -0.25) is 9.59 Å². The molecule has 0 aliphatic carbocycles. The van der Waals surface area contributed by atoms with Crippen LogP contribution in [0.1, 0.15) is 32.3 Å². The molecular formula is C22H24N4O2. The minimum absolute atomic E-state index is 0.0556. The van der Waals surface area contributed by atoms with Crippen molar-refractivity contribution in [1.82, 2.24) is 0 Å². The predicted molar refractivity (Wildman–Crippen MR) is 112 cm³/mol. The van der Waals surface area contributed by atoms with Crippen molar-refractivity contribution >= 4 is 28.9 Å². The van der Waals surface area contributed by atoms with Gasteiger partial charge in [0, 0.05) is 30.2 Å². The molecule has 144 valence electrons. The molecule has 0 spiro atoms. The summed E-state index contributed by atoms with van der Waals surface area (Å²) in [6.45, 7) is 3.57. The normalized spacial score (nSPS) is 10.7. The molecule has 3 N–H and O–H groups in total. The number of aryl methyl sites for hydroxylation is 1. The summed E-state index contributed by atoms with van der Waals surface area (Å²) in [7, 11) is 0. The maximum absolute atomic E-state index is 12.3. The molecule has 0 fully saturated rings. The first-order valence-electron chi connectivity index (χ1n) is 9.16. The third-order valence-electron chi connectivity index (χ3n) is 3.96. The van der Waals surface area contributed by atoms with Gasteiger partial charge in [-0.15, -0.1) is 0 Å². The number of carbonyl (C=O) groups is 2. The van der Waals surface area contributed by atoms with Gasteiger partial charge in [-0.05, 0) is 48.7 Å². The second kappa shape index (κ2) is 10.5. The van der Waals surface area contributed by atoms with E-state index in [0.717, 1.165) is 19.3 Å². The maximum atomic E-state index is 12.3. The lowest BCUT2D eigenvalue weighted by molar-refractivity contribution is -0.114. The van der Waals surface area contributed by atoms with Crippen LogP contribution in [0.5, 0.6) is 0 Å². The Hall–Kier alpha value is -3.59. The number of nitrogens with one attached hydrogen (secondary N) is 3. The zero-order valence-corrected chi connectivity index (χ0v) is 16.1. The lowest BCUT2D eigenvalue weighted by Gasteiger charge is -2.08. The molecule has 0 atom stereocenters. The first-order chi connectivity index (χ1) is 13.5. The zero-order chi connectivity index (χ0) is 20.4. The van der Waals surface area contributed by atoms with E-state index < -0.39 is 5.91 Å². The highest BCUT2D eigenvalue weighted by molar-refractivity contribution is 6.06. The average Bonchev–Trinajstić information content (AvgIpc) is 2.68. The molecule has 0 saturated heterocycles. The van der Waals surface area contributed by atoms with Crippen LogP contribution in [0.25, 0.3) is 0 Å². The smallest absolute Gasteiger partial charge is 0.267 e. The molecule has 2 amide bonds. The molecule has 0 heterocycles. The van der Waals surface area contributed by atoms with Crippen LogP contribution < -0.4 is 16.0 Å². The molecule has 0 bridgehead atoms. The van der Waals surface area contributed by atoms with Gasteiger partial charge >= 0.3 is 0 Å². The van der Waals surface area contributed by atoms with E-state index in [-0.39, 0.29) is 11.5 Å². The van der Waals surface area contributed by atoms with Crippen LogP contribution in [0.2, 0.25) is 0 Å². The highest BCUT2D eigenvalue weighted by Gasteiger charge is 2.09. The van der Waals surface area contributed by atoms with Crippen LogP contribution in [-0.2, 0) is 16.0 Å². The van der Waals surface area contributed by atoms with Crippen LogP contribution in [0.4, 0.5) is 17.1 Å². The van der Waals surface area contributed by atoms with E-state index in [9.17, 15) is 14.9 Å². The highest BCUT2D eigenvalue weighted by Crippen LogP contribution is 2.16. The van der Waals surface area contributed by atoms with E-state index in [1.165, 1.54) is 18.7 Å². The summed E-state index contributed by atoms with van der Waals surface area (Å²) < 4.78 is 0. The van der Waals surface area contributed by atoms with Crippen LogP contribution in [-0.4, -0.2) is 11.8 Å². The fraction of sp³-hybridized carbons (Fsp3) is 0.227. The fourth-order valence-corrected chi connectivity index (χ4v) is 2.53. The lowest BCUT2D eigenvalue weighted by Crippen LogP contribution is -2.14. The van der Waals surface area contributed by atoms with Crippen molar-refractivity contribution in [3.8, 4) is 6.07 Å². The summed E-state index contributed by atoms with van der Waals surface area (Å²) >= 11 is 0. The van der Waals surface area contributed by atoms with Crippen LogP contribution in [0.3, 0.4) is 0 Å². The van der Waals surface area contributed by atoms with Gasteiger partial charge in [0.15, 0.2) is 0 Å². The molecule has 0 aliphatic heterocycles. The van der Waals surface area contributed by atoms with E-state index >= 15 is 0 Å². The second-order valence-corrected chi connectivity index (χ2v) is 6.33. The molecule has 0 aromatic heterocycles. The molecule has 0 unspecified atom stereocenters. The Balaban J connectivity index is 2.01. The zero-order valence-electron chi connectivity index (χ0n) is 16.1. The third kappa shape index (κ3) is 6.61. The fourth-order valence-electron chi connectivity index (χ4n) is 2.53. The van der Waals surface area contributed by atoms with E-state index in [1.54, 1.807) is 24.3 Å². The minimum atomic E-state index is -0.491. The summed E-state index contributed by atoms with van der Waals surface area (Å²) in [6, 6.07) is 16.5. The molecule has 0 aliphatic rings. The van der Waals surface area contributed by atoms with Gasteiger partial charge in [0.1, 0.15) is 11.6 Å². The van der Waals surface area contributed by atoms with Gasteiger partial charge in [-0.25, -0.2) is 0 Å². The molecule has 2 aromatic rings. The molecule has 2 aromatic carbocycles. The van der Waals surface area contributed by atoms with Crippen molar-refractivity contribution in [2.24, 2.45) is 0 Å².